The van der Waals surface area contributed by atoms with Crippen LogP contribution in [0.3, 0.4) is 0 Å². The minimum atomic E-state index is -4.30. The van der Waals surface area contributed by atoms with Crippen LogP contribution in [0.15, 0.2) is 50.8 Å². The highest BCUT2D eigenvalue weighted by atomic mass is 35.5. The molecule has 0 N–H and O–H groups in total. The molecular formula is C12H6Cl2N2O5S. The Morgan fingerprint density at radius 2 is 1.86 bits per heavy atom. The molecule has 1 aliphatic rings. The van der Waals surface area contributed by atoms with Gasteiger partial charge in [-0.3, -0.25) is 14.9 Å². The molecule has 0 heterocycles. The van der Waals surface area contributed by atoms with Crippen LogP contribution in [-0.2, 0) is 14.8 Å². The van der Waals surface area contributed by atoms with E-state index in [0.717, 1.165) is 36.4 Å². The Balaban J connectivity index is 2.53. The zero-order valence-electron chi connectivity index (χ0n) is 10.6. The Morgan fingerprint density at radius 3 is 2.45 bits per heavy atom. The molecule has 1 aromatic carbocycles. The van der Waals surface area contributed by atoms with E-state index < -0.39 is 31.3 Å². The number of benzene rings is 1. The summed E-state index contributed by atoms with van der Waals surface area (Å²) in [7, 11) is -4.30. The quantitative estimate of drug-likeness (QED) is 0.467. The van der Waals surface area contributed by atoms with Crippen LogP contribution in [0.1, 0.15) is 0 Å². The molecule has 0 aliphatic heterocycles. The second-order valence-electron chi connectivity index (χ2n) is 4.05. The molecule has 1 aromatic rings. The third kappa shape index (κ3) is 3.41. The zero-order valence-corrected chi connectivity index (χ0v) is 12.9. The molecule has 114 valence electrons. The van der Waals surface area contributed by atoms with E-state index in [-0.39, 0.29) is 15.8 Å². The molecule has 0 amide bonds. The van der Waals surface area contributed by atoms with E-state index in [1.165, 1.54) is 0 Å². The maximum atomic E-state index is 12.2. The molecule has 0 bridgehead atoms. The molecule has 1 aliphatic carbocycles. The lowest BCUT2D eigenvalue weighted by atomic mass is 10.2. The summed E-state index contributed by atoms with van der Waals surface area (Å²) in [6.45, 7) is 0. The van der Waals surface area contributed by atoms with E-state index in [4.69, 9.17) is 23.2 Å². The largest absolute Gasteiger partial charge is 0.288 e. The van der Waals surface area contributed by atoms with E-state index in [1.807, 2.05) is 0 Å². The Morgan fingerprint density at radius 1 is 1.18 bits per heavy atom. The van der Waals surface area contributed by atoms with Crippen LogP contribution in [0.25, 0.3) is 0 Å². The number of carbonyl (C=O) groups is 1. The van der Waals surface area contributed by atoms with Crippen molar-refractivity contribution in [1.82, 2.24) is 0 Å². The maximum absolute atomic E-state index is 12.2. The first-order valence-corrected chi connectivity index (χ1v) is 7.79. The van der Waals surface area contributed by atoms with Crippen molar-refractivity contribution < 1.29 is 18.1 Å². The van der Waals surface area contributed by atoms with Gasteiger partial charge in [0.15, 0.2) is 5.78 Å². The summed E-state index contributed by atoms with van der Waals surface area (Å²) >= 11 is 11.4. The van der Waals surface area contributed by atoms with Gasteiger partial charge in [-0.1, -0.05) is 23.2 Å². The van der Waals surface area contributed by atoms with Gasteiger partial charge in [0.1, 0.15) is 4.90 Å². The second-order valence-corrected chi connectivity index (χ2v) is 6.44. The summed E-state index contributed by atoms with van der Waals surface area (Å²) in [6.07, 6.45) is 3.30. The van der Waals surface area contributed by atoms with E-state index >= 15 is 0 Å². The number of allylic oxidation sites excluding steroid dienone is 4. The lowest BCUT2D eigenvalue weighted by Gasteiger charge is -2.05. The van der Waals surface area contributed by atoms with Crippen molar-refractivity contribution in [2.75, 3.05) is 0 Å². The number of nitrogens with zero attached hydrogens (tertiary/aromatic N) is 2. The number of rotatable bonds is 3. The number of non-ortho nitro benzene ring substituents is 1. The van der Waals surface area contributed by atoms with Crippen molar-refractivity contribution in [3.63, 3.8) is 0 Å². The molecule has 22 heavy (non-hydrogen) atoms. The highest BCUT2D eigenvalue weighted by Crippen LogP contribution is 2.28. The van der Waals surface area contributed by atoms with Gasteiger partial charge in [-0.25, -0.2) is 0 Å². The number of sulfonamides is 1. The van der Waals surface area contributed by atoms with E-state index in [2.05, 4.69) is 4.40 Å². The standard InChI is InChI=1S/C12H6Cl2N2O5S/c13-9-3-2-8(16(18)19)6-12(9)22(20,21)15-7-1-4-11(17)10(14)5-7/h1-6H. The molecule has 10 heteroatoms. The molecule has 2 rings (SSSR count). The van der Waals surface area contributed by atoms with Crippen molar-refractivity contribution in [1.29, 1.82) is 0 Å². The molecular weight excluding hydrogens is 355 g/mol. The van der Waals surface area contributed by atoms with Crippen LogP contribution in [0.4, 0.5) is 5.69 Å². The molecule has 0 saturated carbocycles. The molecule has 0 aromatic heterocycles. The molecule has 0 fully saturated rings. The Bertz CT molecular complexity index is 872. The average molecular weight is 361 g/mol. The van der Waals surface area contributed by atoms with Gasteiger partial charge in [0.25, 0.3) is 15.7 Å². The molecule has 0 saturated heterocycles. The Hall–Kier alpha value is -2.03. The number of halogens is 2. The maximum Gasteiger partial charge on any atom is 0.284 e. The second kappa shape index (κ2) is 5.99. The van der Waals surface area contributed by atoms with Gasteiger partial charge in [0.05, 0.1) is 20.7 Å². The van der Waals surface area contributed by atoms with Crippen LogP contribution < -0.4 is 0 Å². The summed E-state index contributed by atoms with van der Waals surface area (Å²) in [5.41, 5.74) is -0.529. The minimum absolute atomic E-state index is 0.0906. The van der Waals surface area contributed by atoms with Crippen LogP contribution in [0, 0.1) is 10.1 Å². The van der Waals surface area contributed by atoms with Crippen molar-refractivity contribution in [3.05, 3.63) is 56.6 Å². The molecule has 0 atom stereocenters. The summed E-state index contributed by atoms with van der Waals surface area (Å²) in [4.78, 5) is 20.6. The fourth-order valence-electron chi connectivity index (χ4n) is 1.54. The first-order chi connectivity index (χ1) is 10.2. The van der Waals surface area contributed by atoms with Gasteiger partial charge < -0.3 is 0 Å². The number of ketones is 1. The van der Waals surface area contributed by atoms with Crippen LogP contribution in [-0.4, -0.2) is 24.8 Å². The van der Waals surface area contributed by atoms with Gasteiger partial charge in [-0.15, -0.1) is 0 Å². The lowest BCUT2D eigenvalue weighted by molar-refractivity contribution is -0.385. The van der Waals surface area contributed by atoms with Gasteiger partial charge in [0, 0.05) is 12.1 Å². The normalized spacial score (nSPS) is 16.7. The number of hydrogen-bond acceptors (Lipinski definition) is 5. The Kier molecular flexibility index (Phi) is 4.45. The van der Waals surface area contributed by atoms with Crippen molar-refractivity contribution in [3.8, 4) is 0 Å². The first kappa shape index (κ1) is 16.3. The SMILES string of the molecule is O=C1C=CC(=NS(=O)(=O)c2cc([N+](=O)[O-])ccc2Cl)C=C1Cl. The fourth-order valence-corrected chi connectivity index (χ4v) is 3.20. The van der Waals surface area contributed by atoms with E-state index in [1.54, 1.807) is 0 Å². The molecule has 0 spiro atoms. The van der Waals surface area contributed by atoms with Crippen LogP contribution >= 0.6 is 23.2 Å². The first-order valence-electron chi connectivity index (χ1n) is 5.59. The number of nitro groups is 1. The average Bonchev–Trinajstić information content (AvgIpc) is 2.42. The number of carbonyl (C=O) groups excluding carboxylic acids is 1. The summed E-state index contributed by atoms with van der Waals surface area (Å²) in [5.74, 6) is -0.480. The van der Waals surface area contributed by atoms with Crippen molar-refractivity contribution in [2.45, 2.75) is 4.90 Å². The molecule has 0 radical (unpaired) electrons. The van der Waals surface area contributed by atoms with Crippen LogP contribution in [0.5, 0.6) is 0 Å². The third-order valence-corrected chi connectivity index (χ3v) is 4.63. The summed E-state index contributed by atoms with van der Waals surface area (Å²) in [6, 6.07) is 2.98. The fraction of sp³-hybridized carbons (Fsp3) is 0. The van der Waals surface area contributed by atoms with Gasteiger partial charge >= 0.3 is 0 Å². The third-order valence-electron chi connectivity index (χ3n) is 2.54. The summed E-state index contributed by atoms with van der Waals surface area (Å²) < 4.78 is 27.9. The van der Waals surface area contributed by atoms with Gasteiger partial charge in [0.2, 0.25) is 0 Å². The lowest BCUT2D eigenvalue weighted by Crippen LogP contribution is -2.07. The minimum Gasteiger partial charge on any atom is -0.288 e. The summed E-state index contributed by atoms with van der Waals surface area (Å²) in [5, 5.41) is 10.3. The Labute approximate surface area is 134 Å². The predicted octanol–water partition coefficient (Wildman–Crippen LogP) is 2.64. The monoisotopic (exact) mass is 360 g/mol. The smallest absolute Gasteiger partial charge is 0.284 e. The van der Waals surface area contributed by atoms with E-state index in [9.17, 15) is 23.3 Å². The van der Waals surface area contributed by atoms with E-state index in [0.29, 0.717) is 0 Å². The molecule has 0 unspecified atom stereocenters. The van der Waals surface area contributed by atoms with Crippen LogP contribution in [0.2, 0.25) is 5.02 Å². The highest BCUT2D eigenvalue weighted by Gasteiger charge is 2.22. The zero-order chi connectivity index (χ0) is 16.5. The predicted molar refractivity (Wildman–Crippen MR) is 80.8 cm³/mol. The highest BCUT2D eigenvalue weighted by molar-refractivity contribution is 7.90. The number of hydrogen-bond donors (Lipinski definition) is 0. The van der Waals surface area contributed by atoms with Gasteiger partial charge in [-0.2, -0.15) is 12.8 Å². The van der Waals surface area contributed by atoms with Crippen molar-refractivity contribution >= 4 is 50.4 Å². The number of nitro benzene ring substituents is 1. The van der Waals surface area contributed by atoms with Gasteiger partial charge in [-0.05, 0) is 24.3 Å². The van der Waals surface area contributed by atoms with Crippen molar-refractivity contribution in [2.24, 2.45) is 4.40 Å². The molecule has 7 nitrogen and oxygen atoms in total. The topological polar surface area (TPSA) is 107 Å².